The summed E-state index contributed by atoms with van der Waals surface area (Å²) < 4.78 is 2.25. The van der Waals surface area contributed by atoms with E-state index in [1.807, 2.05) is 12.5 Å². The Balaban J connectivity index is 0.00000341. The molecule has 1 aromatic carbocycles. The van der Waals surface area contributed by atoms with Crippen molar-refractivity contribution in [3.63, 3.8) is 0 Å². The number of halogens is 1. The molecule has 1 aliphatic rings. The van der Waals surface area contributed by atoms with Crippen molar-refractivity contribution in [3.8, 4) is 0 Å². The molecule has 2 unspecified atom stereocenters. The predicted octanol–water partition coefficient (Wildman–Crippen LogP) is 4.39. The van der Waals surface area contributed by atoms with Crippen molar-refractivity contribution in [2.45, 2.75) is 59.3 Å². The van der Waals surface area contributed by atoms with Gasteiger partial charge in [0, 0.05) is 44.6 Å². The van der Waals surface area contributed by atoms with Crippen molar-refractivity contribution in [2.75, 3.05) is 26.7 Å². The molecular formula is C24H39IN6. The summed E-state index contributed by atoms with van der Waals surface area (Å²) in [7, 11) is 2.18. The number of aliphatic imine (C=N–C) groups is 1. The molecule has 7 heteroatoms. The zero-order valence-electron chi connectivity index (χ0n) is 19.7. The highest BCUT2D eigenvalue weighted by Crippen LogP contribution is 2.27. The predicted molar refractivity (Wildman–Crippen MR) is 140 cm³/mol. The van der Waals surface area contributed by atoms with Crippen LogP contribution in [0.5, 0.6) is 0 Å². The summed E-state index contributed by atoms with van der Waals surface area (Å²) in [6.07, 6.45) is 7.05. The summed E-state index contributed by atoms with van der Waals surface area (Å²) in [6, 6.07) is 9.64. The molecule has 0 aliphatic carbocycles. The molecule has 1 aliphatic heterocycles. The molecule has 6 nitrogen and oxygen atoms in total. The van der Waals surface area contributed by atoms with Crippen LogP contribution in [-0.2, 0) is 13.1 Å². The SMILES string of the molecule is CCNC(=NCc1ccccc1CN(C)C(C)C)N1CCC(C)C(n2ccnc2)C1.I. The summed E-state index contributed by atoms with van der Waals surface area (Å²) in [5.41, 5.74) is 2.66. The molecule has 0 saturated carbocycles. The standard InChI is InChI=1S/C24H38N6.HI/c1-6-26-24(29-13-11-20(4)23(17-29)30-14-12-25-18-30)27-15-21-9-7-8-10-22(21)16-28(5)19(2)3;/h7-10,12,14,18-20,23H,6,11,13,15-17H2,1-5H3,(H,26,27);1H. The van der Waals surface area contributed by atoms with Crippen molar-refractivity contribution in [2.24, 2.45) is 10.9 Å². The van der Waals surface area contributed by atoms with Crippen LogP contribution in [0, 0.1) is 5.92 Å². The molecule has 172 valence electrons. The molecule has 1 saturated heterocycles. The Kier molecular flexibility index (Phi) is 10.3. The van der Waals surface area contributed by atoms with Gasteiger partial charge in [-0.15, -0.1) is 24.0 Å². The van der Waals surface area contributed by atoms with Gasteiger partial charge < -0.3 is 14.8 Å². The number of nitrogens with zero attached hydrogens (tertiary/aromatic N) is 5. The van der Waals surface area contributed by atoms with Crippen molar-refractivity contribution < 1.29 is 0 Å². The Morgan fingerprint density at radius 3 is 2.68 bits per heavy atom. The average molecular weight is 539 g/mol. The molecule has 2 atom stereocenters. The van der Waals surface area contributed by atoms with Crippen LogP contribution >= 0.6 is 24.0 Å². The molecule has 0 amide bonds. The number of likely N-dealkylation sites (tertiary alicyclic amines) is 1. The maximum Gasteiger partial charge on any atom is 0.194 e. The fourth-order valence-electron chi connectivity index (χ4n) is 4.00. The first kappa shape index (κ1) is 25.6. The molecular weight excluding hydrogens is 499 g/mol. The first-order valence-electron chi connectivity index (χ1n) is 11.3. The lowest BCUT2D eigenvalue weighted by Crippen LogP contribution is -2.49. The summed E-state index contributed by atoms with van der Waals surface area (Å²) in [6.45, 7) is 13.5. The van der Waals surface area contributed by atoms with Crippen molar-refractivity contribution >= 4 is 29.9 Å². The van der Waals surface area contributed by atoms with Gasteiger partial charge in [0.15, 0.2) is 5.96 Å². The van der Waals surface area contributed by atoms with Gasteiger partial charge in [-0.3, -0.25) is 4.90 Å². The van der Waals surface area contributed by atoms with E-state index in [4.69, 9.17) is 4.99 Å². The number of imidazole rings is 1. The highest BCUT2D eigenvalue weighted by molar-refractivity contribution is 14.0. The number of guanidine groups is 1. The van der Waals surface area contributed by atoms with Crippen LogP contribution in [0.25, 0.3) is 0 Å². The smallest absolute Gasteiger partial charge is 0.194 e. The highest BCUT2D eigenvalue weighted by Gasteiger charge is 2.28. The van der Waals surface area contributed by atoms with E-state index in [9.17, 15) is 0 Å². The number of piperidine rings is 1. The summed E-state index contributed by atoms with van der Waals surface area (Å²) >= 11 is 0. The third-order valence-corrected chi connectivity index (χ3v) is 6.28. The van der Waals surface area contributed by atoms with E-state index in [1.54, 1.807) is 0 Å². The van der Waals surface area contributed by atoms with Crippen LogP contribution in [0.2, 0.25) is 0 Å². The number of nitrogens with one attached hydrogen (secondary N) is 1. The molecule has 1 N–H and O–H groups in total. The van der Waals surface area contributed by atoms with E-state index >= 15 is 0 Å². The number of rotatable bonds is 7. The number of benzene rings is 1. The fraction of sp³-hybridized carbons (Fsp3) is 0.583. The van der Waals surface area contributed by atoms with Gasteiger partial charge in [-0.25, -0.2) is 9.98 Å². The number of hydrogen-bond acceptors (Lipinski definition) is 3. The quantitative estimate of drug-likeness (QED) is 0.323. The lowest BCUT2D eigenvalue weighted by atomic mass is 9.93. The highest BCUT2D eigenvalue weighted by atomic mass is 127. The van der Waals surface area contributed by atoms with Crippen molar-refractivity contribution in [3.05, 3.63) is 54.1 Å². The monoisotopic (exact) mass is 538 g/mol. The largest absolute Gasteiger partial charge is 0.357 e. The van der Waals surface area contributed by atoms with Crippen LogP contribution in [0.15, 0.2) is 48.0 Å². The maximum atomic E-state index is 5.05. The van der Waals surface area contributed by atoms with Gasteiger partial charge >= 0.3 is 0 Å². The topological polar surface area (TPSA) is 48.7 Å². The molecule has 2 heterocycles. The first-order valence-corrected chi connectivity index (χ1v) is 11.3. The average Bonchev–Trinajstić information content (AvgIpc) is 3.27. The third-order valence-electron chi connectivity index (χ3n) is 6.28. The molecule has 1 fully saturated rings. The zero-order chi connectivity index (χ0) is 21.5. The molecule has 0 radical (unpaired) electrons. The van der Waals surface area contributed by atoms with Gasteiger partial charge in [-0.1, -0.05) is 31.2 Å². The minimum Gasteiger partial charge on any atom is -0.357 e. The molecule has 3 rings (SSSR count). The van der Waals surface area contributed by atoms with E-state index in [0.29, 0.717) is 24.5 Å². The summed E-state index contributed by atoms with van der Waals surface area (Å²) in [5, 5.41) is 3.52. The Morgan fingerprint density at radius 2 is 2.03 bits per heavy atom. The summed E-state index contributed by atoms with van der Waals surface area (Å²) in [5.74, 6) is 1.65. The number of hydrogen-bond donors (Lipinski definition) is 1. The number of aromatic nitrogens is 2. The minimum absolute atomic E-state index is 0. The zero-order valence-corrected chi connectivity index (χ0v) is 22.0. The lowest BCUT2D eigenvalue weighted by Gasteiger charge is -2.39. The van der Waals surface area contributed by atoms with Crippen LogP contribution < -0.4 is 5.32 Å². The maximum absolute atomic E-state index is 5.05. The Labute approximate surface area is 205 Å². The van der Waals surface area contributed by atoms with Gasteiger partial charge in [0.2, 0.25) is 0 Å². The fourth-order valence-corrected chi connectivity index (χ4v) is 4.00. The Hall–Kier alpha value is -1.61. The second kappa shape index (κ2) is 12.4. The molecule has 1 aromatic heterocycles. The minimum atomic E-state index is 0. The van der Waals surface area contributed by atoms with Gasteiger partial charge in [0.25, 0.3) is 0 Å². The van der Waals surface area contributed by atoms with E-state index in [0.717, 1.165) is 38.6 Å². The van der Waals surface area contributed by atoms with E-state index in [2.05, 4.69) is 89.9 Å². The molecule has 31 heavy (non-hydrogen) atoms. The third kappa shape index (κ3) is 6.94. The van der Waals surface area contributed by atoms with Crippen LogP contribution in [0.4, 0.5) is 0 Å². The van der Waals surface area contributed by atoms with Crippen molar-refractivity contribution in [1.82, 2.24) is 24.7 Å². The van der Waals surface area contributed by atoms with E-state index < -0.39 is 0 Å². The Morgan fingerprint density at radius 1 is 1.29 bits per heavy atom. The molecule has 2 aromatic rings. The second-order valence-electron chi connectivity index (χ2n) is 8.74. The molecule has 0 spiro atoms. The van der Waals surface area contributed by atoms with Crippen LogP contribution in [0.1, 0.15) is 51.3 Å². The normalized spacial score (nSPS) is 19.6. The molecule has 0 bridgehead atoms. The lowest BCUT2D eigenvalue weighted by molar-refractivity contribution is 0.189. The van der Waals surface area contributed by atoms with Crippen molar-refractivity contribution in [1.29, 1.82) is 0 Å². The van der Waals surface area contributed by atoms with Gasteiger partial charge in [-0.05, 0) is 51.3 Å². The Bertz CT molecular complexity index is 804. The van der Waals surface area contributed by atoms with Gasteiger partial charge in [-0.2, -0.15) is 0 Å². The van der Waals surface area contributed by atoms with Gasteiger partial charge in [0.1, 0.15) is 0 Å². The second-order valence-corrected chi connectivity index (χ2v) is 8.74. The summed E-state index contributed by atoms with van der Waals surface area (Å²) in [4.78, 5) is 14.1. The van der Waals surface area contributed by atoms with E-state index in [1.165, 1.54) is 11.1 Å². The van der Waals surface area contributed by atoms with Crippen LogP contribution in [-0.4, -0.2) is 58.0 Å². The van der Waals surface area contributed by atoms with Gasteiger partial charge in [0.05, 0.1) is 18.9 Å². The first-order chi connectivity index (χ1) is 14.5. The van der Waals surface area contributed by atoms with E-state index in [-0.39, 0.29) is 24.0 Å². The van der Waals surface area contributed by atoms with Crippen LogP contribution in [0.3, 0.4) is 0 Å².